The fourth-order valence-electron chi connectivity index (χ4n) is 2.34. The summed E-state index contributed by atoms with van der Waals surface area (Å²) in [5, 5.41) is 5.65. The number of aryl methyl sites for hydroxylation is 2. The smallest absolute Gasteiger partial charge is 0.169 e. The van der Waals surface area contributed by atoms with Gasteiger partial charge in [0.05, 0.1) is 22.8 Å². The summed E-state index contributed by atoms with van der Waals surface area (Å²) in [4.78, 5) is 12.5. The van der Waals surface area contributed by atoms with Crippen LogP contribution in [0.2, 0.25) is 10.0 Å². The fraction of sp³-hybridized carbons (Fsp3) is 0.375. The van der Waals surface area contributed by atoms with Crippen LogP contribution in [0.15, 0.2) is 18.2 Å². The lowest BCUT2D eigenvalue weighted by atomic mass is 10.0. The minimum atomic E-state index is 0.00848. The quantitative estimate of drug-likeness (QED) is 0.758. The molecule has 0 saturated heterocycles. The Kier molecular flexibility index (Phi) is 5.07. The van der Waals surface area contributed by atoms with Crippen LogP contribution in [0.1, 0.15) is 41.2 Å². The van der Waals surface area contributed by atoms with Crippen molar-refractivity contribution >= 4 is 29.0 Å². The maximum absolute atomic E-state index is 12.5. The van der Waals surface area contributed by atoms with Crippen LogP contribution in [0.25, 0.3) is 0 Å². The number of aromatic nitrogens is 2. The lowest BCUT2D eigenvalue weighted by Gasteiger charge is -2.08. The third-order valence-corrected chi connectivity index (χ3v) is 4.44. The lowest BCUT2D eigenvalue weighted by molar-refractivity contribution is 0.0990. The van der Waals surface area contributed by atoms with Crippen LogP contribution in [0.4, 0.5) is 0 Å². The molecule has 0 saturated carbocycles. The van der Waals surface area contributed by atoms with Gasteiger partial charge in [0.2, 0.25) is 0 Å². The zero-order chi connectivity index (χ0) is 15.6. The maximum atomic E-state index is 12.5. The zero-order valence-electron chi connectivity index (χ0n) is 12.4. The van der Waals surface area contributed by atoms with Crippen LogP contribution in [-0.4, -0.2) is 15.6 Å². The molecule has 2 aromatic rings. The second kappa shape index (κ2) is 6.63. The number of carbonyl (C=O) groups is 1. The van der Waals surface area contributed by atoms with E-state index >= 15 is 0 Å². The maximum Gasteiger partial charge on any atom is 0.169 e. The molecule has 0 bridgehead atoms. The molecule has 1 aromatic heterocycles. The van der Waals surface area contributed by atoms with Gasteiger partial charge in [0.1, 0.15) is 0 Å². The SMILES string of the molecule is CCc1nn(CC)c(CC(=O)c2cccc(Cl)c2C)c1Cl. The first-order chi connectivity index (χ1) is 9.99. The summed E-state index contributed by atoms with van der Waals surface area (Å²) in [6.07, 6.45) is 0.990. The van der Waals surface area contributed by atoms with E-state index in [2.05, 4.69) is 5.10 Å². The van der Waals surface area contributed by atoms with Crippen LogP contribution < -0.4 is 0 Å². The summed E-state index contributed by atoms with van der Waals surface area (Å²) < 4.78 is 1.80. The largest absolute Gasteiger partial charge is 0.294 e. The Morgan fingerprint density at radius 3 is 2.62 bits per heavy atom. The molecule has 3 nitrogen and oxygen atoms in total. The van der Waals surface area contributed by atoms with Crippen molar-refractivity contribution in [2.45, 2.75) is 40.2 Å². The summed E-state index contributed by atoms with van der Waals surface area (Å²) in [6.45, 7) is 6.53. The number of carbonyl (C=O) groups excluding carboxylic acids is 1. The van der Waals surface area contributed by atoms with Crippen molar-refractivity contribution in [3.63, 3.8) is 0 Å². The first kappa shape index (κ1) is 16.1. The molecular formula is C16H18Cl2N2O. The van der Waals surface area contributed by atoms with Gasteiger partial charge in [0.15, 0.2) is 5.78 Å². The predicted molar refractivity (Wildman–Crippen MR) is 86.5 cm³/mol. The Bertz CT molecular complexity index is 677. The highest BCUT2D eigenvalue weighted by molar-refractivity contribution is 6.32. The van der Waals surface area contributed by atoms with E-state index in [1.807, 2.05) is 20.8 Å². The molecule has 0 fully saturated rings. The number of ketones is 1. The number of hydrogen-bond donors (Lipinski definition) is 0. The van der Waals surface area contributed by atoms with E-state index in [0.29, 0.717) is 22.2 Å². The number of nitrogens with zero attached hydrogens (tertiary/aromatic N) is 2. The van der Waals surface area contributed by atoms with E-state index in [-0.39, 0.29) is 12.2 Å². The van der Waals surface area contributed by atoms with Crippen LogP contribution in [0.3, 0.4) is 0 Å². The van der Waals surface area contributed by atoms with Gasteiger partial charge in [-0.05, 0) is 31.9 Å². The van der Waals surface area contributed by atoms with E-state index in [1.54, 1.807) is 22.9 Å². The second-order valence-corrected chi connectivity index (χ2v) is 5.67. The molecule has 0 atom stereocenters. The van der Waals surface area contributed by atoms with Crippen molar-refractivity contribution in [2.24, 2.45) is 0 Å². The average molecular weight is 325 g/mol. The normalized spacial score (nSPS) is 10.9. The first-order valence-electron chi connectivity index (χ1n) is 7.01. The molecule has 1 aromatic carbocycles. The van der Waals surface area contributed by atoms with Gasteiger partial charge in [-0.15, -0.1) is 0 Å². The summed E-state index contributed by atoms with van der Waals surface area (Å²) in [5.74, 6) is 0.00848. The molecule has 0 amide bonds. The van der Waals surface area contributed by atoms with Crippen molar-refractivity contribution in [1.29, 1.82) is 0 Å². The molecule has 1 heterocycles. The first-order valence-corrected chi connectivity index (χ1v) is 7.77. The van der Waals surface area contributed by atoms with Crippen LogP contribution in [0.5, 0.6) is 0 Å². The molecule has 0 spiro atoms. The molecule has 0 unspecified atom stereocenters. The van der Waals surface area contributed by atoms with Gasteiger partial charge in [-0.3, -0.25) is 9.48 Å². The lowest BCUT2D eigenvalue weighted by Crippen LogP contribution is -2.11. The van der Waals surface area contributed by atoms with E-state index < -0.39 is 0 Å². The highest BCUT2D eigenvalue weighted by Gasteiger charge is 2.19. The van der Waals surface area contributed by atoms with Gasteiger partial charge >= 0.3 is 0 Å². The summed E-state index contributed by atoms with van der Waals surface area (Å²) in [7, 11) is 0. The Balaban J connectivity index is 2.36. The molecule has 5 heteroatoms. The standard InChI is InChI=1S/C16H18Cl2N2O/c1-4-13-16(18)14(20(5-2)19-13)9-15(21)11-7-6-8-12(17)10(11)3/h6-8H,4-5,9H2,1-3H3. The molecule has 0 aliphatic heterocycles. The van der Waals surface area contributed by atoms with E-state index in [0.717, 1.165) is 23.4 Å². The summed E-state index contributed by atoms with van der Waals surface area (Å²) >= 11 is 12.4. The van der Waals surface area contributed by atoms with E-state index in [4.69, 9.17) is 23.2 Å². The number of benzene rings is 1. The Labute approximate surface area is 134 Å². The number of rotatable bonds is 5. The highest BCUT2D eigenvalue weighted by atomic mass is 35.5. The molecule has 0 aliphatic rings. The van der Waals surface area contributed by atoms with Gasteiger partial charge in [0.25, 0.3) is 0 Å². The van der Waals surface area contributed by atoms with Crippen molar-refractivity contribution in [2.75, 3.05) is 0 Å². The van der Waals surface area contributed by atoms with Crippen LogP contribution in [0, 0.1) is 6.92 Å². The minimum Gasteiger partial charge on any atom is -0.294 e. The van der Waals surface area contributed by atoms with E-state index in [1.165, 1.54) is 0 Å². The number of halogens is 2. The topological polar surface area (TPSA) is 34.9 Å². The third kappa shape index (κ3) is 3.14. The molecule has 112 valence electrons. The average Bonchev–Trinajstić information content (AvgIpc) is 2.78. The van der Waals surface area contributed by atoms with Gasteiger partial charge in [-0.2, -0.15) is 5.10 Å². The zero-order valence-corrected chi connectivity index (χ0v) is 13.9. The van der Waals surface area contributed by atoms with Gasteiger partial charge < -0.3 is 0 Å². The molecular weight excluding hydrogens is 307 g/mol. The van der Waals surface area contributed by atoms with Gasteiger partial charge in [0, 0.05) is 17.1 Å². The Morgan fingerprint density at radius 2 is 2.00 bits per heavy atom. The second-order valence-electron chi connectivity index (χ2n) is 4.89. The third-order valence-electron chi connectivity index (χ3n) is 3.59. The van der Waals surface area contributed by atoms with Gasteiger partial charge in [-0.25, -0.2) is 0 Å². The number of Topliss-reactive ketones (excluding diaryl/α,β-unsaturated/α-hetero) is 1. The fourth-order valence-corrected chi connectivity index (χ4v) is 2.85. The van der Waals surface area contributed by atoms with Crippen LogP contribution in [-0.2, 0) is 19.4 Å². The Hall–Kier alpha value is -1.32. The summed E-state index contributed by atoms with van der Waals surface area (Å²) in [5.41, 5.74) is 3.06. The van der Waals surface area contributed by atoms with E-state index in [9.17, 15) is 4.79 Å². The molecule has 0 aliphatic carbocycles. The highest BCUT2D eigenvalue weighted by Crippen LogP contribution is 2.25. The summed E-state index contributed by atoms with van der Waals surface area (Å²) in [6, 6.07) is 5.37. The molecule has 21 heavy (non-hydrogen) atoms. The Morgan fingerprint density at radius 1 is 1.29 bits per heavy atom. The molecule has 0 radical (unpaired) electrons. The molecule has 2 rings (SSSR count). The van der Waals surface area contributed by atoms with Gasteiger partial charge in [-0.1, -0.05) is 42.3 Å². The van der Waals surface area contributed by atoms with Crippen molar-refractivity contribution in [3.05, 3.63) is 50.8 Å². The number of hydrogen-bond acceptors (Lipinski definition) is 2. The van der Waals surface area contributed by atoms with Crippen molar-refractivity contribution in [1.82, 2.24) is 9.78 Å². The monoisotopic (exact) mass is 324 g/mol. The van der Waals surface area contributed by atoms with Crippen LogP contribution >= 0.6 is 23.2 Å². The van der Waals surface area contributed by atoms with Crippen molar-refractivity contribution < 1.29 is 4.79 Å². The minimum absolute atomic E-state index is 0.00848. The predicted octanol–water partition coefficient (Wildman–Crippen LogP) is 4.51. The molecule has 0 N–H and O–H groups in total. The van der Waals surface area contributed by atoms with Crippen molar-refractivity contribution in [3.8, 4) is 0 Å².